The molecule has 0 saturated heterocycles. The zero-order chi connectivity index (χ0) is 20.6. The molecule has 26 heavy (non-hydrogen) atoms. The van der Waals surface area contributed by atoms with E-state index in [9.17, 15) is 4.79 Å². The van der Waals surface area contributed by atoms with Crippen LogP contribution in [0.3, 0.4) is 0 Å². The summed E-state index contributed by atoms with van der Waals surface area (Å²) in [4.78, 5) is 12.7. The predicted molar refractivity (Wildman–Crippen MR) is 113 cm³/mol. The molecule has 0 aliphatic heterocycles. The number of rotatable bonds is 5. The van der Waals surface area contributed by atoms with Crippen LogP contribution in [0, 0.1) is 0 Å². The first-order valence-electron chi connectivity index (χ1n) is 9.12. The van der Waals surface area contributed by atoms with Crippen molar-refractivity contribution >= 4 is 22.6 Å². The molecule has 148 valence electrons. The smallest absolute Gasteiger partial charge is 0.324 e. The molecule has 0 heterocycles. The van der Waals surface area contributed by atoms with Crippen LogP contribution in [0.25, 0.3) is 0 Å². The van der Waals surface area contributed by atoms with Crippen molar-refractivity contribution in [3.05, 3.63) is 23.8 Å². The van der Waals surface area contributed by atoms with Crippen molar-refractivity contribution < 1.29 is 18.4 Å². The first kappa shape index (κ1) is 22.8. The lowest BCUT2D eigenvalue weighted by molar-refractivity contribution is 0.0712. The predicted octanol–water partition coefficient (Wildman–Crippen LogP) is 6.24. The van der Waals surface area contributed by atoms with Crippen LogP contribution >= 0.6 is 0 Å². The molecule has 0 atom stereocenters. The van der Waals surface area contributed by atoms with Crippen LogP contribution in [-0.2, 0) is 4.43 Å². The van der Waals surface area contributed by atoms with Gasteiger partial charge in [-0.2, -0.15) is 0 Å². The molecule has 0 radical (unpaired) electrons. The van der Waals surface area contributed by atoms with Crippen LogP contribution < -0.4 is 9.16 Å². The number of carbonyl (C=O) groups is 1. The maximum absolute atomic E-state index is 12.7. The average Bonchev–Trinajstić information content (AvgIpc) is 2.43. The first-order chi connectivity index (χ1) is 11.5. The highest BCUT2D eigenvalue weighted by Gasteiger charge is 2.41. The van der Waals surface area contributed by atoms with Crippen molar-refractivity contribution in [2.45, 2.75) is 77.8 Å². The Hall–Kier alpha value is -1.28. The van der Waals surface area contributed by atoms with Gasteiger partial charge >= 0.3 is 5.97 Å². The highest BCUT2D eigenvalue weighted by atomic mass is 28.4. The molecule has 1 aromatic rings. The lowest BCUT2D eigenvalue weighted by Crippen LogP contribution is -2.44. The summed E-state index contributed by atoms with van der Waals surface area (Å²) in [5.41, 5.74) is 0.504. The third-order valence-corrected chi connectivity index (χ3v) is 14.4. The number of methoxy groups -OCH3 is 1. The Morgan fingerprint density at radius 1 is 0.846 bits per heavy atom. The van der Waals surface area contributed by atoms with Crippen LogP contribution in [0.15, 0.2) is 18.2 Å². The summed E-state index contributed by atoms with van der Waals surface area (Å²) >= 11 is 0. The fourth-order valence-corrected chi connectivity index (χ4v) is 3.66. The van der Waals surface area contributed by atoms with Crippen molar-refractivity contribution in [1.29, 1.82) is 0 Å². The normalized spacial score (nSPS) is 13.3. The molecule has 0 aliphatic carbocycles. The highest BCUT2D eigenvalue weighted by Crippen LogP contribution is 2.41. The Kier molecular flexibility index (Phi) is 6.47. The number of ether oxygens (including phenoxy) is 1. The molecule has 0 unspecified atom stereocenters. The van der Waals surface area contributed by atoms with E-state index in [0.717, 1.165) is 0 Å². The topological polar surface area (TPSA) is 44.8 Å². The van der Waals surface area contributed by atoms with Gasteiger partial charge in [-0.1, -0.05) is 41.5 Å². The summed E-state index contributed by atoms with van der Waals surface area (Å²) < 4.78 is 17.8. The third-order valence-electron chi connectivity index (χ3n) is 5.72. The minimum atomic E-state index is -2.18. The van der Waals surface area contributed by atoms with Gasteiger partial charge in [0.1, 0.15) is 5.75 Å². The minimum Gasteiger partial charge on any atom is -0.541 e. The average molecular weight is 397 g/mol. The van der Waals surface area contributed by atoms with E-state index in [0.29, 0.717) is 17.1 Å². The third kappa shape index (κ3) is 5.13. The van der Waals surface area contributed by atoms with Crippen LogP contribution in [-0.4, -0.2) is 29.7 Å². The fraction of sp³-hybridized carbons (Fsp3) is 0.650. The van der Waals surface area contributed by atoms with E-state index in [1.165, 1.54) is 0 Å². The maximum Gasteiger partial charge on any atom is 0.324 e. The molecule has 0 bridgehead atoms. The van der Waals surface area contributed by atoms with Crippen LogP contribution in [0.1, 0.15) is 51.9 Å². The molecule has 0 amide bonds. The lowest BCUT2D eigenvalue weighted by atomic mass is 10.2. The molecular weight excluding hydrogens is 360 g/mol. The summed E-state index contributed by atoms with van der Waals surface area (Å²) in [7, 11) is -2.62. The van der Waals surface area contributed by atoms with E-state index in [-0.39, 0.29) is 16.0 Å². The van der Waals surface area contributed by atoms with E-state index in [2.05, 4.69) is 67.7 Å². The SMILES string of the molecule is COc1ccc(C(=O)O[Si](C)(C)C(C)(C)C)cc1O[Si](C)(C)C(C)(C)C. The second-order valence-corrected chi connectivity index (χ2v) is 19.3. The van der Waals surface area contributed by atoms with Crippen LogP contribution in [0.5, 0.6) is 11.5 Å². The van der Waals surface area contributed by atoms with E-state index < -0.39 is 16.6 Å². The Labute approximate surface area is 161 Å². The van der Waals surface area contributed by atoms with Crippen molar-refractivity contribution in [2.75, 3.05) is 7.11 Å². The van der Waals surface area contributed by atoms with Crippen molar-refractivity contribution in [1.82, 2.24) is 0 Å². The molecule has 0 aromatic heterocycles. The molecule has 1 rings (SSSR count). The number of hydrogen-bond acceptors (Lipinski definition) is 4. The quantitative estimate of drug-likeness (QED) is 0.552. The van der Waals surface area contributed by atoms with Crippen molar-refractivity contribution in [3.8, 4) is 11.5 Å². The summed E-state index contributed by atoms with van der Waals surface area (Å²) in [5, 5.41) is 0.0191. The lowest BCUT2D eigenvalue weighted by Gasteiger charge is -2.37. The Balaban J connectivity index is 3.20. The molecule has 4 nitrogen and oxygen atoms in total. The molecule has 1 aromatic carbocycles. The van der Waals surface area contributed by atoms with E-state index in [1.807, 2.05) is 0 Å². The minimum absolute atomic E-state index is 0.0321. The zero-order valence-electron chi connectivity index (χ0n) is 18.4. The first-order valence-corrected chi connectivity index (χ1v) is 14.9. The molecule has 0 saturated carbocycles. The van der Waals surface area contributed by atoms with Gasteiger partial charge in [0.2, 0.25) is 0 Å². The van der Waals surface area contributed by atoms with Gasteiger partial charge in [-0.05, 0) is 54.5 Å². The maximum atomic E-state index is 12.7. The summed E-state index contributed by atoms with van der Waals surface area (Å²) in [6.45, 7) is 21.4. The van der Waals surface area contributed by atoms with E-state index in [1.54, 1.807) is 25.3 Å². The fourth-order valence-electron chi connectivity index (χ4n) is 1.76. The summed E-state index contributed by atoms with van der Waals surface area (Å²) in [6, 6.07) is 5.28. The van der Waals surface area contributed by atoms with Crippen LogP contribution in [0.2, 0.25) is 36.3 Å². The number of hydrogen-bond donors (Lipinski definition) is 0. The molecule has 0 spiro atoms. The molecule has 0 N–H and O–H groups in total. The Morgan fingerprint density at radius 2 is 1.35 bits per heavy atom. The van der Waals surface area contributed by atoms with Gasteiger partial charge in [-0.15, -0.1) is 0 Å². The van der Waals surface area contributed by atoms with Crippen LogP contribution in [0.4, 0.5) is 0 Å². The summed E-state index contributed by atoms with van der Waals surface area (Å²) in [5.74, 6) is 0.960. The zero-order valence-corrected chi connectivity index (χ0v) is 20.4. The van der Waals surface area contributed by atoms with E-state index in [4.69, 9.17) is 13.6 Å². The molecule has 6 heteroatoms. The van der Waals surface area contributed by atoms with Gasteiger partial charge in [0.25, 0.3) is 16.6 Å². The highest BCUT2D eigenvalue weighted by molar-refractivity contribution is 6.75. The van der Waals surface area contributed by atoms with E-state index >= 15 is 0 Å². The van der Waals surface area contributed by atoms with Crippen molar-refractivity contribution in [2.24, 2.45) is 0 Å². The largest absolute Gasteiger partial charge is 0.541 e. The second-order valence-electron chi connectivity index (χ2n) is 9.88. The van der Waals surface area contributed by atoms with Gasteiger partial charge < -0.3 is 13.6 Å². The van der Waals surface area contributed by atoms with Gasteiger partial charge in [0, 0.05) is 0 Å². The van der Waals surface area contributed by atoms with Gasteiger partial charge in [-0.25, -0.2) is 4.79 Å². The molecular formula is C20H36O4Si2. The molecule has 0 fully saturated rings. The monoisotopic (exact) mass is 396 g/mol. The second kappa shape index (κ2) is 7.39. The number of carbonyl (C=O) groups excluding carboxylic acids is 1. The Morgan fingerprint density at radius 3 is 1.77 bits per heavy atom. The van der Waals surface area contributed by atoms with Gasteiger partial charge in [0.15, 0.2) is 5.75 Å². The van der Waals surface area contributed by atoms with Gasteiger partial charge in [-0.3, -0.25) is 0 Å². The molecule has 0 aliphatic rings. The Bertz CT molecular complexity index is 653. The summed E-state index contributed by atoms with van der Waals surface area (Å²) in [6.07, 6.45) is 0. The standard InChI is InChI=1S/C20H36O4Si2/c1-19(2,3)25(8,9)23-17-14-15(12-13-16(17)22-7)18(21)24-26(10,11)20(4,5)6/h12-14H,1-11H3. The van der Waals surface area contributed by atoms with Crippen molar-refractivity contribution in [3.63, 3.8) is 0 Å². The van der Waals surface area contributed by atoms with Gasteiger partial charge in [0.05, 0.1) is 12.7 Å². The number of benzene rings is 1.